The third-order valence-electron chi connectivity index (χ3n) is 0.614. The summed E-state index contributed by atoms with van der Waals surface area (Å²) >= 11 is 0. The summed E-state index contributed by atoms with van der Waals surface area (Å²) in [6, 6.07) is 0. The average Bonchev–Trinajstić information content (AvgIpc) is 2.51. The molecule has 0 aliphatic rings. The number of aromatic nitrogens is 3. The van der Waals surface area contributed by atoms with E-state index in [1.807, 2.05) is 0 Å². The molecule has 0 saturated heterocycles. The van der Waals surface area contributed by atoms with E-state index in [1.54, 1.807) is 0 Å². The van der Waals surface area contributed by atoms with E-state index >= 15 is 0 Å². The molecule has 0 saturated carbocycles. The zero-order valence-corrected chi connectivity index (χ0v) is 6.05. The van der Waals surface area contributed by atoms with E-state index in [0.717, 1.165) is 0 Å². The molecule has 0 amide bonds. The van der Waals surface area contributed by atoms with Gasteiger partial charge in [0, 0.05) is 5.22 Å². The molecule has 1 aromatic heterocycles. The van der Waals surface area contributed by atoms with E-state index in [-0.39, 0.29) is 0 Å². The van der Waals surface area contributed by atoms with Crippen molar-refractivity contribution in [1.82, 2.24) is 15.1 Å². The summed E-state index contributed by atoms with van der Waals surface area (Å²) in [5, 5.41) is 23.5. The van der Waals surface area contributed by atoms with Crippen LogP contribution in [0.5, 0.6) is 0 Å². The Bertz CT molecular complexity index is 282. The van der Waals surface area contributed by atoms with Crippen molar-refractivity contribution in [3.8, 4) is 0 Å². The second kappa shape index (κ2) is 6.18. The van der Waals surface area contributed by atoms with Gasteiger partial charge in [0.25, 0.3) is 5.09 Å². The van der Waals surface area contributed by atoms with E-state index in [2.05, 4.69) is 26.0 Å². The van der Waals surface area contributed by atoms with Gasteiger partial charge in [0.05, 0.1) is 12.4 Å². The summed E-state index contributed by atoms with van der Waals surface area (Å²) in [6.45, 7) is 0. The molecule has 0 aromatic carbocycles. The summed E-state index contributed by atoms with van der Waals surface area (Å²) in [7, 11) is 0. The molecule has 0 fully saturated rings. The van der Waals surface area contributed by atoms with Crippen molar-refractivity contribution in [3.63, 3.8) is 0 Å². The third kappa shape index (κ3) is 7.35. The second-order valence-corrected chi connectivity index (χ2v) is 1.37. The Labute approximate surface area is 70.3 Å². The van der Waals surface area contributed by atoms with Crippen molar-refractivity contribution < 1.29 is 10.3 Å². The summed E-state index contributed by atoms with van der Waals surface area (Å²) in [4.78, 5) is 12.0. The van der Waals surface area contributed by atoms with Gasteiger partial charge in [-0.1, -0.05) is 4.79 Å². The van der Waals surface area contributed by atoms with Crippen LogP contribution in [0.2, 0.25) is 0 Å². The van der Waals surface area contributed by atoms with Crippen LogP contribution in [0.25, 0.3) is 10.4 Å². The van der Waals surface area contributed by atoms with Crippen molar-refractivity contribution in [3.05, 3.63) is 33.0 Å². The van der Waals surface area contributed by atoms with Crippen LogP contribution in [0.15, 0.2) is 17.6 Å². The molecule has 70 valence electrons. The summed E-state index contributed by atoms with van der Waals surface area (Å²) in [5.74, 6) is 0. The van der Waals surface area contributed by atoms with E-state index in [0.29, 0.717) is 0 Å². The van der Waals surface area contributed by atoms with Crippen LogP contribution < -0.4 is 5.53 Å². The number of nitrogens with one attached hydrogen (secondary N) is 1. The molecule has 2 N–H and O–H groups in total. The molecule has 0 aliphatic carbocycles. The van der Waals surface area contributed by atoms with Crippen molar-refractivity contribution in [1.29, 1.82) is 0 Å². The monoisotopic (exact) mass is 188 g/mol. The topological polar surface area (TPSA) is 155 Å². The zero-order chi connectivity index (χ0) is 10.1. The van der Waals surface area contributed by atoms with Gasteiger partial charge in [0.15, 0.2) is 0 Å². The number of hydrogen-bond acceptors (Lipinski definition) is 5. The quantitative estimate of drug-likeness (QED) is 0.213. The van der Waals surface area contributed by atoms with Crippen LogP contribution in [0, 0.1) is 10.1 Å². The minimum Gasteiger partial charge on any atom is -0.328 e. The Morgan fingerprint density at radius 3 is 2.85 bits per heavy atom. The van der Waals surface area contributed by atoms with Gasteiger partial charge in [-0.2, -0.15) is 4.91 Å². The van der Waals surface area contributed by atoms with Gasteiger partial charge in [0.1, 0.15) is 0 Å². The molecular formula is C2H4N8O3. The molecule has 0 aliphatic heterocycles. The minimum absolute atomic E-state index is 1.18. The van der Waals surface area contributed by atoms with Crippen LogP contribution in [0.4, 0.5) is 0 Å². The van der Waals surface area contributed by atoms with Gasteiger partial charge in [-0.15, -0.1) is 26.3 Å². The first-order valence-corrected chi connectivity index (χ1v) is 2.66. The number of hydrogen-bond donors (Lipinski definition) is 2. The number of nitrogens with zero attached hydrogens (tertiary/aromatic N) is 7. The molecule has 1 rings (SSSR count). The zero-order valence-electron chi connectivity index (χ0n) is 6.05. The van der Waals surface area contributed by atoms with Gasteiger partial charge in [0.2, 0.25) is 0 Å². The highest BCUT2D eigenvalue weighted by Crippen LogP contribution is 1.72. The molecule has 0 spiro atoms. The summed E-state index contributed by atoms with van der Waals surface area (Å²) in [6.07, 6.45) is 2.97. The highest BCUT2D eigenvalue weighted by Gasteiger charge is 1.83. The van der Waals surface area contributed by atoms with Gasteiger partial charge < -0.3 is 5.21 Å². The molecular weight excluding hydrogens is 184 g/mol. The Morgan fingerprint density at radius 2 is 2.46 bits per heavy atom. The van der Waals surface area contributed by atoms with Gasteiger partial charge in [-0.3, -0.25) is 0 Å². The first kappa shape index (κ1) is 10.4. The standard InChI is InChI=1S/C2H3N7.HNO3/c3-5-6-8-9-2-1-4-7-9;2-1(3)4/h1-2,8H;(H,2,3,4). The predicted molar refractivity (Wildman–Crippen MR) is 37.3 cm³/mol. The predicted octanol–water partition coefficient (Wildman–Crippen LogP) is -0.301. The summed E-state index contributed by atoms with van der Waals surface area (Å²) in [5.41, 5.74) is 10.0. The first-order chi connectivity index (χ1) is 6.16. The fourth-order valence-corrected chi connectivity index (χ4v) is 0.327. The number of azide groups is 1. The fraction of sp³-hybridized carbons (Fsp3) is 0. The molecule has 0 unspecified atom stereocenters. The maximum atomic E-state index is 8.36. The first-order valence-electron chi connectivity index (χ1n) is 2.66. The SMILES string of the molecule is O=[N+]([O-])O.[N-]=[N+]=NNn1ccnn1. The molecule has 0 atom stereocenters. The molecule has 0 bridgehead atoms. The highest BCUT2D eigenvalue weighted by molar-refractivity contribution is 4.67. The molecule has 11 nitrogen and oxygen atoms in total. The normalized spacial score (nSPS) is 7.38. The minimum atomic E-state index is -1.50. The van der Waals surface area contributed by atoms with Crippen LogP contribution >= 0.6 is 0 Å². The Kier molecular flexibility index (Phi) is 4.97. The summed E-state index contributed by atoms with van der Waals surface area (Å²) < 4.78 is 0. The Hall–Kier alpha value is -2.55. The number of rotatable bonds is 2. The van der Waals surface area contributed by atoms with Crippen molar-refractivity contribution in [2.45, 2.75) is 0 Å². The van der Waals surface area contributed by atoms with Crippen LogP contribution in [-0.4, -0.2) is 25.4 Å². The van der Waals surface area contributed by atoms with E-state index in [9.17, 15) is 0 Å². The van der Waals surface area contributed by atoms with Crippen molar-refractivity contribution in [2.75, 3.05) is 5.53 Å². The largest absolute Gasteiger partial charge is 0.328 e. The van der Waals surface area contributed by atoms with Crippen LogP contribution in [-0.2, 0) is 0 Å². The molecule has 1 heterocycles. The lowest BCUT2D eigenvalue weighted by atomic mass is 11.0. The van der Waals surface area contributed by atoms with E-state index in [4.69, 9.17) is 20.9 Å². The molecule has 11 heteroatoms. The van der Waals surface area contributed by atoms with Gasteiger partial charge >= 0.3 is 0 Å². The molecule has 1 aromatic rings. The lowest BCUT2D eigenvalue weighted by Crippen LogP contribution is -2.07. The highest BCUT2D eigenvalue weighted by atomic mass is 16.9. The third-order valence-corrected chi connectivity index (χ3v) is 0.614. The smallest absolute Gasteiger partial charge is 0.291 e. The second-order valence-electron chi connectivity index (χ2n) is 1.37. The Morgan fingerprint density at radius 1 is 1.85 bits per heavy atom. The van der Waals surface area contributed by atoms with Gasteiger partial charge in [-0.05, 0) is 5.21 Å². The van der Waals surface area contributed by atoms with Gasteiger partial charge in [-0.25, -0.2) is 0 Å². The molecule has 13 heavy (non-hydrogen) atoms. The van der Waals surface area contributed by atoms with Crippen molar-refractivity contribution in [2.24, 2.45) is 5.22 Å². The van der Waals surface area contributed by atoms with Crippen LogP contribution in [0.1, 0.15) is 0 Å². The van der Waals surface area contributed by atoms with Crippen molar-refractivity contribution >= 4 is 0 Å². The maximum Gasteiger partial charge on any atom is 0.291 e. The van der Waals surface area contributed by atoms with E-state index in [1.165, 1.54) is 17.2 Å². The average molecular weight is 188 g/mol. The van der Waals surface area contributed by atoms with Crippen LogP contribution in [0.3, 0.4) is 0 Å². The Balaban J connectivity index is 0.000000310. The van der Waals surface area contributed by atoms with E-state index < -0.39 is 5.09 Å². The fourth-order valence-electron chi connectivity index (χ4n) is 0.327. The maximum absolute atomic E-state index is 8.36. The molecule has 0 radical (unpaired) electrons. The lowest BCUT2D eigenvalue weighted by molar-refractivity contribution is -0.742. The lowest BCUT2D eigenvalue weighted by Gasteiger charge is -1.85.